The van der Waals surface area contributed by atoms with E-state index in [-0.39, 0.29) is 29.5 Å². The number of ether oxygens (including phenoxy) is 1. The SMILES string of the molecule is C[C@@H](CN[C@@H](Cc1ccc(NCc2ccc(C(=O)O)cc2)cc1)C(=O)N1Cc2ccccc2C[C@H]1C(=O)N[C@@H]1CCCc2ccccc21)N(C)C(=O)OC(C)(C)C. The summed E-state index contributed by atoms with van der Waals surface area (Å²) >= 11 is 0. The van der Waals surface area contributed by atoms with Gasteiger partial charge in [0.2, 0.25) is 11.8 Å². The van der Waals surface area contributed by atoms with E-state index in [0.717, 1.165) is 52.8 Å². The maximum Gasteiger partial charge on any atom is 0.410 e. The highest BCUT2D eigenvalue weighted by atomic mass is 16.6. The molecule has 4 aromatic carbocycles. The standard InChI is InChI=1S/C46H55N5O6/c1-30(50(5)45(56)57-46(2,3)4)27-48-40(25-31-19-23-37(24-20-31)47-28-32-17-21-34(22-18-32)44(54)55)43(53)51-29-36-13-7-6-12-35(36)26-41(51)42(52)49-39-16-10-14-33-11-8-9-15-38(33)39/h6-9,11-13,15,17-24,30,39-41,47-48H,10,14,16,25-29H2,1-5H3,(H,49,52)(H,54,55)/t30-,39+,40-,41-/m0/s1. The lowest BCUT2D eigenvalue weighted by Gasteiger charge is -2.39. The maximum absolute atomic E-state index is 14.9. The maximum atomic E-state index is 14.9. The first kappa shape index (κ1) is 41.0. The first-order valence-corrected chi connectivity index (χ1v) is 19.9. The molecule has 0 radical (unpaired) electrons. The van der Waals surface area contributed by atoms with Crippen molar-refractivity contribution in [3.8, 4) is 0 Å². The van der Waals surface area contributed by atoms with Crippen LogP contribution < -0.4 is 16.0 Å². The summed E-state index contributed by atoms with van der Waals surface area (Å²) in [6, 6.07) is 29.0. The minimum atomic E-state index is -0.963. The van der Waals surface area contributed by atoms with Gasteiger partial charge in [0, 0.05) is 44.8 Å². The monoisotopic (exact) mass is 773 g/mol. The molecule has 2 aliphatic rings. The summed E-state index contributed by atoms with van der Waals surface area (Å²) < 4.78 is 5.61. The van der Waals surface area contributed by atoms with Gasteiger partial charge in [-0.15, -0.1) is 0 Å². The van der Waals surface area contributed by atoms with Crippen molar-refractivity contribution in [2.24, 2.45) is 0 Å². The fourth-order valence-electron chi connectivity index (χ4n) is 7.53. The number of carboxylic acid groups (broad SMARTS) is 1. The molecular formula is C46H55N5O6. The number of likely N-dealkylation sites (N-methyl/N-ethyl adjacent to an activating group) is 1. The zero-order valence-corrected chi connectivity index (χ0v) is 33.6. The molecule has 0 bridgehead atoms. The van der Waals surface area contributed by atoms with Gasteiger partial charge >= 0.3 is 12.1 Å². The lowest BCUT2D eigenvalue weighted by molar-refractivity contribution is -0.143. The summed E-state index contributed by atoms with van der Waals surface area (Å²) in [6.45, 7) is 8.51. The van der Waals surface area contributed by atoms with Crippen LogP contribution in [0.5, 0.6) is 0 Å². The van der Waals surface area contributed by atoms with Crippen LogP contribution in [0.4, 0.5) is 10.5 Å². The second kappa shape index (κ2) is 18.1. The summed E-state index contributed by atoms with van der Waals surface area (Å²) in [4.78, 5) is 56.7. The molecule has 300 valence electrons. The summed E-state index contributed by atoms with van der Waals surface area (Å²) in [7, 11) is 1.69. The number of anilines is 1. The van der Waals surface area contributed by atoms with Gasteiger partial charge in [-0.3, -0.25) is 9.59 Å². The highest BCUT2D eigenvalue weighted by molar-refractivity contribution is 5.91. The van der Waals surface area contributed by atoms with Crippen molar-refractivity contribution in [3.05, 3.63) is 136 Å². The Hall–Kier alpha value is -5.68. The summed E-state index contributed by atoms with van der Waals surface area (Å²) in [5.41, 5.74) is 6.79. The molecule has 4 aromatic rings. The Balaban J connectivity index is 1.22. The normalized spacial score (nSPS) is 17.3. The lowest BCUT2D eigenvalue weighted by atomic mass is 9.87. The Morgan fingerprint density at radius 3 is 2.21 bits per heavy atom. The number of aromatic carboxylic acids is 1. The van der Waals surface area contributed by atoms with Crippen LogP contribution in [0.25, 0.3) is 0 Å². The molecular weight excluding hydrogens is 719 g/mol. The molecule has 0 saturated carbocycles. The van der Waals surface area contributed by atoms with Crippen molar-refractivity contribution in [3.63, 3.8) is 0 Å². The third-order valence-corrected chi connectivity index (χ3v) is 10.9. The molecule has 0 spiro atoms. The smallest absolute Gasteiger partial charge is 0.410 e. The number of carbonyl (C=O) groups is 4. The van der Waals surface area contributed by atoms with E-state index in [1.54, 1.807) is 36.2 Å². The number of aryl methyl sites for hydroxylation is 1. The molecule has 4 atom stereocenters. The van der Waals surface area contributed by atoms with E-state index in [0.29, 0.717) is 32.5 Å². The first-order chi connectivity index (χ1) is 27.3. The molecule has 1 heterocycles. The summed E-state index contributed by atoms with van der Waals surface area (Å²) in [5, 5.41) is 19.4. The van der Waals surface area contributed by atoms with Crippen LogP contribution in [0.1, 0.15) is 90.3 Å². The predicted octanol–water partition coefficient (Wildman–Crippen LogP) is 6.90. The van der Waals surface area contributed by atoms with E-state index in [1.807, 2.05) is 88.4 Å². The number of amides is 3. The molecule has 4 N–H and O–H groups in total. The summed E-state index contributed by atoms with van der Waals surface area (Å²) in [6.07, 6.45) is 3.11. The van der Waals surface area contributed by atoms with Gasteiger partial charge in [0.1, 0.15) is 11.6 Å². The zero-order valence-electron chi connectivity index (χ0n) is 33.6. The Morgan fingerprint density at radius 2 is 1.53 bits per heavy atom. The molecule has 11 heteroatoms. The summed E-state index contributed by atoms with van der Waals surface area (Å²) in [5.74, 6) is -1.31. The molecule has 0 saturated heterocycles. The van der Waals surface area contributed by atoms with Crippen LogP contribution in [0.15, 0.2) is 97.1 Å². The second-order valence-corrected chi connectivity index (χ2v) is 16.3. The molecule has 1 aliphatic heterocycles. The van der Waals surface area contributed by atoms with E-state index in [4.69, 9.17) is 4.74 Å². The average Bonchev–Trinajstić information content (AvgIpc) is 3.20. The molecule has 3 amide bonds. The third kappa shape index (κ3) is 10.6. The molecule has 0 fully saturated rings. The van der Waals surface area contributed by atoms with Gasteiger partial charge in [-0.1, -0.05) is 72.8 Å². The van der Waals surface area contributed by atoms with Crippen molar-refractivity contribution in [2.75, 3.05) is 18.9 Å². The molecule has 0 aromatic heterocycles. The number of fused-ring (bicyclic) bond motifs is 2. The van der Waals surface area contributed by atoms with Gasteiger partial charge in [0.05, 0.1) is 17.6 Å². The minimum absolute atomic E-state index is 0.119. The number of hydrogen-bond donors (Lipinski definition) is 4. The highest BCUT2D eigenvalue weighted by Gasteiger charge is 2.39. The zero-order chi connectivity index (χ0) is 40.7. The van der Waals surface area contributed by atoms with Crippen LogP contribution in [0, 0.1) is 0 Å². The van der Waals surface area contributed by atoms with Gasteiger partial charge in [-0.25, -0.2) is 9.59 Å². The van der Waals surface area contributed by atoms with E-state index < -0.39 is 29.7 Å². The van der Waals surface area contributed by atoms with Crippen LogP contribution in [-0.4, -0.2) is 76.1 Å². The van der Waals surface area contributed by atoms with Gasteiger partial charge in [0.25, 0.3) is 0 Å². The third-order valence-electron chi connectivity index (χ3n) is 10.9. The fraction of sp³-hybridized carbons (Fsp3) is 0.391. The van der Waals surface area contributed by atoms with Crippen molar-refractivity contribution < 1.29 is 29.0 Å². The number of hydrogen-bond acceptors (Lipinski definition) is 7. The van der Waals surface area contributed by atoms with E-state index in [9.17, 15) is 24.3 Å². The van der Waals surface area contributed by atoms with E-state index in [1.165, 1.54) is 10.5 Å². The molecule has 57 heavy (non-hydrogen) atoms. The van der Waals surface area contributed by atoms with Gasteiger partial charge < -0.3 is 35.6 Å². The van der Waals surface area contributed by atoms with Gasteiger partial charge in [0.15, 0.2) is 0 Å². The van der Waals surface area contributed by atoms with Gasteiger partial charge in [-0.2, -0.15) is 0 Å². The van der Waals surface area contributed by atoms with Crippen molar-refractivity contribution in [2.45, 2.75) is 103 Å². The lowest BCUT2D eigenvalue weighted by Crippen LogP contribution is -2.58. The van der Waals surface area contributed by atoms with Crippen molar-refractivity contribution in [1.29, 1.82) is 0 Å². The highest BCUT2D eigenvalue weighted by Crippen LogP contribution is 2.31. The Morgan fingerprint density at radius 1 is 0.877 bits per heavy atom. The van der Waals surface area contributed by atoms with Crippen LogP contribution >= 0.6 is 0 Å². The number of carboxylic acids is 1. The topological polar surface area (TPSA) is 140 Å². The van der Waals surface area contributed by atoms with E-state index >= 15 is 0 Å². The largest absolute Gasteiger partial charge is 0.478 e. The quantitative estimate of drug-likeness (QED) is 0.115. The van der Waals surface area contributed by atoms with E-state index in [2.05, 4.69) is 28.1 Å². The predicted molar refractivity (Wildman–Crippen MR) is 221 cm³/mol. The van der Waals surface area contributed by atoms with Crippen LogP contribution in [-0.2, 0) is 46.7 Å². The molecule has 11 nitrogen and oxygen atoms in total. The molecule has 6 rings (SSSR count). The number of nitrogens with one attached hydrogen (secondary N) is 3. The number of benzene rings is 4. The minimum Gasteiger partial charge on any atom is -0.478 e. The van der Waals surface area contributed by atoms with Crippen LogP contribution in [0.3, 0.4) is 0 Å². The number of rotatable bonds is 13. The average molecular weight is 774 g/mol. The van der Waals surface area contributed by atoms with Gasteiger partial charge in [-0.05, 0) is 111 Å². The second-order valence-electron chi connectivity index (χ2n) is 16.3. The van der Waals surface area contributed by atoms with Crippen molar-refractivity contribution >= 4 is 29.6 Å². The Bertz CT molecular complexity index is 2040. The molecule has 0 unspecified atom stereocenters. The number of carbonyl (C=O) groups excluding carboxylic acids is 3. The first-order valence-electron chi connectivity index (χ1n) is 19.9. The number of nitrogens with zero attached hydrogens (tertiary/aromatic N) is 2. The van der Waals surface area contributed by atoms with Crippen LogP contribution in [0.2, 0.25) is 0 Å². The Kier molecular flexibility index (Phi) is 13.0. The van der Waals surface area contributed by atoms with Crippen molar-refractivity contribution in [1.82, 2.24) is 20.4 Å². The Labute approximate surface area is 335 Å². The fourth-order valence-corrected chi connectivity index (χ4v) is 7.53. The molecule has 1 aliphatic carbocycles.